The van der Waals surface area contributed by atoms with Gasteiger partial charge in [0.2, 0.25) is 0 Å². The minimum Gasteiger partial charge on any atom is -0.384 e. The molecule has 0 aliphatic heterocycles. The number of halogens is 2. The highest BCUT2D eigenvalue weighted by Crippen LogP contribution is 2.20. The first-order valence-electron chi connectivity index (χ1n) is 6.41. The monoisotopic (exact) mass is 277 g/mol. The van der Waals surface area contributed by atoms with Gasteiger partial charge in [0, 0.05) is 13.1 Å². The average Bonchev–Trinajstić information content (AvgIpc) is 2.41. The number of hydrogen-bond donors (Lipinski definition) is 2. The van der Waals surface area contributed by atoms with Crippen LogP contribution in [0.25, 0.3) is 0 Å². The average molecular weight is 277 g/mol. The van der Waals surface area contributed by atoms with Crippen LogP contribution in [-0.4, -0.2) is 11.7 Å². The normalized spacial score (nSPS) is 14.0. The molecule has 1 unspecified atom stereocenters. The third kappa shape index (κ3) is 3.85. The Hall–Kier alpha value is -1.78. The van der Waals surface area contributed by atoms with Crippen molar-refractivity contribution < 1.29 is 13.9 Å². The van der Waals surface area contributed by atoms with Gasteiger partial charge in [-0.1, -0.05) is 24.3 Å². The quantitative estimate of drug-likeness (QED) is 0.880. The third-order valence-corrected chi connectivity index (χ3v) is 3.18. The van der Waals surface area contributed by atoms with Crippen molar-refractivity contribution in [3.8, 4) is 0 Å². The lowest BCUT2D eigenvalue weighted by Gasteiger charge is -2.24. The summed E-state index contributed by atoms with van der Waals surface area (Å²) in [5.74, 6) is -0.601. The molecule has 0 saturated heterocycles. The highest BCUT2D eigenvalue weighted by atomic mass is 19.1. The molecule has 0 radical (unpaired) electrons. The smallest absolute Gasteiger partial charge is 0.123 e. The Morgan fingerprint density at radius 3 is 2.00 bits per heavy atom. The highest BCUT2D eigenvalue weighted by molar-refractivity contribution is 5.23. The summed E-state index contributed by atoms with van der Waals surface area (Å²) < 4.78 is 25.6. The summed E-state index contributed by atoms with van der Waals surface area (Å²) in [7, 11) is 0. The van der Waals surface area contributed by atoms with Crippen LogP contribution in [0.3, 0.4) is 0 Å². The molecule has 0 heterocycles. The topological polar surface area (TPSA) is 32.3 Å². The van der Waals surface area contributed by atoms with Crippen molar-refractivity contribution in [1.82, 2.24) is 5.32 Å². The Balaban J connectivity index is 1.92. The SMILES string of the molecule is CC(O)(CNCc1ccc(F)cc1)c1ccc(F)cc1. The highest BCUT2D eigenvalue weighted by Gasteiger charge is 2.22. The maximum absolute atomic E-state index is 12.9. The minimum atomic E-state index is -1.09. The van der Waals surface area contributed by atoms with Crippen LogP contribution in [0.2, 0.25) is 0 Å². The largest absolute Gasteiger partial charge is 0.384 e. The summed E-state index contributed by atoms with van der Waals surface area (Å²) in [4.78, 5) is 0. The van der Waals surface area contributed by atoms with E-state index < -0.39 is 5.60 Å². The first kappa shape index (κ1) is 14.6. The zero-order valence-corrected chi connectivity index (χ0v) is 11.2. The van der Waals surface area contributed by atoms with Gasteiger partial charge in [0.1, 0.15) is 11.6 Å². The molecule has 0 bridgehead atoms. The molecule has 2 N–H and O–H groups in total. The van der Waals surface area contributed by atoms with Gasteiger partial charge in [-0.3, -0.25) is 0 Å². The van der Waals surface area contributed by atoms with E-state index in [1.807, 2.05) is 0 Å². The van der Waals surface area contributed by atoms with Gasteiger partial charge in [-0.15, -0.1) is 0 Å². The van der Waals surface area contributed by atoms with Gasteiger partial charge >= 0.3 is 0 Å². The second-order valence-electron chi connectivity index (χ2n) is 5.01. The molecule has 20 heavy (non-hydrogen) atoms. The van der Waals surface area contributed by atoms with Crippen LogP contribution in [0.4, 0.5) is 8.78 Å². The number of rotatable bonds is 5. The summed E-state index contributed by atoms with van der Waals surface area (Å²) in [6.07, 6.45) is 0. The van der Waals surface area contributed by atoms with Crippen LogP contribution in [0.1, 0.15) is 18.1 Å². The molecule has 1 atom stereocenters. The van der Waals surface area contributed by atoms with E-state index in [4.69, 9.17) is 0 Å². The predicted molar refractivity (Wildman–Crippen MR) is 74.1 cm³/mol. The molecule has 0 aliphatic rings. The fraction of sp³-hybridized carbons (Fsp3) is 0.250. The number of hydrogen-bond acceptors (Lipinski definition) is 2. The maximum Gasteiger partial charge on any atom is 0.123 e. The van der Waals surface area contributed by atoms with E-state index in [1.54, 1.807) is 31.2 Å². The van der Waals surface area contributed by atoms with E-state index in [2.05, 4.69) is 5.32 Å². The summed E-state index contributed by atoms with van der Waals surface area (Å²) >= 11 is 0. The van der Waals surface area contributed by atoms with Crippen LogP contribution in [-0.2, 0) is 12.1 Å². The molecule has 0 fully saturated rings. The minimum absolute atomic E-state index is 0.271. The van der Waals surface area contributed by atoms with Crippen LogP contribution < -0.4 is 5.32 Å². The first-order chi connectivity index (χ1) is 9.47. The Bertz CT molecular complexity index is 550. The summed E-state index contributed by atoms with van der Waals surface area (Å²) in [5.41, 5.74) is 0.486. The van der Waals surface area contributed by atoms with Gasteiger partial charge in [0.25, 0.3) is 0 Å². The van der Waals surface area contributed by atoms with Crippen molar-refractivity contribution in [3.05, 3.63) is 71.3 Å². The zero-order chi connectivity index (χ0) is 14.6. The van der Waals surface area contributed by atoms with Crippen molar-refractivity contribution in [3.63, 3.8) is 0 Å². The van der Waals surface area contributed by atoms with Crippen molar-refractivity contribution >= 4 is 0 Å². The standard InChI is InChI=1S/C16H17F2NO/c1-16(20,13-4-8-15(18)9-5-13)11-19-10-12-2-6-14(17)7-3-12/h2-9,19-20H,10-11H2,1H3. The molecule has 2 aromatic rings. The van der Waals surface area contributed by atoms with E-state index in [1.165, 1.54) is 24.3 Å². The molecule has 0 amide bonds. The number of nitrogens with one attached hydrogen (secondary N) is 1. The molecule has 0 aliphatic carbocycles. The maximum atomic E-state index is 12.9. The lowest BCUT2D eigenvalue weighted by molar-refractivity contribution is 0.0566. The van der Waals surface area contributed by atoms with Gasteiger partial charge in [-0.2, -0.15) is 0 Å². The van der Waals surface area contributed by atoms with Crippen molar-refractivity contribution in [2.75, 3.05) is 6.54 Å². The number of aliphatic hydroxyl groups is 1. The summed E-state index contributed by atoms with van der Waals surface area (Å²) in [6, 6.07) is 11.9. The lowest BCUT2D eigenvalue weighted by Crippen LogP contribution is -2.35. The van der Waals surface area contributed by atoms with Gasteiger partial charge in [0.05, 0.1) is 5.60 Å². The second-order valence-corrected chi connectivity index (χ2v) is 5.01. The van der Waals surface area contributed by atoms with E-state index in [-0.39, 0.29) is 11.6 Å². The molecule has 2 aromatic carbocycles. The Morgan fingerprint density at radius 1 is 0.950 bits per heavy atom. The van der Waals surface area contributed by atoms with E-state index in [9.17, 15) is 13.9 Å². The van der Waals surface area contributed by atoms with E-state index in [0.717, 1.165) is 5.56 Å². The molecular formula is C16H17F2NO. The van der Waals surface area contributed by atoms with Crippen molar-refractivity contribution in [2.45, 2.75) is 19.1 Å². The molecule has 0 spiro atoms. The number of benzene rings is 2. The molecule has 0 aromatic heterocycles. The van der Waals surface area contributed by atoms with Crippen LogP contribution in [0.5, 0.6) is 0 Å². The van der Waals surface area contributed by atoms with Gasteiger partial charge in [-0.05, 0) is 42.3 Å². The molecular weight excluding hydrogens is 260 g/mol. The van der Waals surface area contributed by atoms with Crippen LogP contribution in [0, 0.1) is 11.6 Å². The lowest BCUT2D eigenvalue weighted by atomic mass is 9.96. The Labute approximate surface area is 117 Å². The zero-order valence-electron chi connectivity index (χ0n) is 11.2. The van der Waals surface area contributed by atoms with Gasteiger partial charge < -0.3 is 10.4 Å². The van der Waals surface area contributed by atoms with Crippen molar-refractivity contribution in [2.24, 2.45) is 0 Å². The second kappa shape index (κ2) is 6.11. The molecule has 106 valence electrons. The fourth-order valence-corrected chi connectivity index (χ4v) is 1.96. The molecule has 2 rings (SSSR count). The summed E-state index contributed by atoms with van der Waals surface area (Å²) in [5, 5.41) is 13.5. The van der Waals surface area contributed by atoms with Crippen molar-refractivity contribution in [1.29, 1.82) is 0 Å². The third-order valence-electron chi connectivity index (χ3n) is 3.18. The van der Waals surface area contributed by atoms with E-state index in [0.29, 0.717) is 18.7 Å². The molecule has 4 heteroatoms. The van der Waals surface area contributed by atoms with Crippen LogP contribution >= 0.6 is 0 Å². The Kier molecular flexibility index (Phi) is 4.47. The van der Waals surface area contributed by atoms with Gasteiger partial charge in [-0.25, -0.2) is 8.78 Å². The molecule has 0 saturated carbocycles. The van der Waals surface area contributed by atoms with Gasteiger partial charge in [0.15, 0.2) is 0 Å². The Morgan fingerprint density at radius 2 is 1.45 bits per heavy atom. The fourth-order valence-electron chi connectivity index (χ4n) is 1.96. The predicted octanol–water partition coefficient (Wildman–Crippen LogP) is 2.96. The van der Waals surface area contributed by atoms with Crippen LogP contribution in [0.15, 0.2) is 48.5 Å². The van der Waals surface area contributed by atoms with E-state index >= 15 is 0 Å². The summed E-state index contributed by atoms with van der Waals surface area (Å²) in [6.45, 7) is 2.51. The molecule has 2 nitrogen and oxygen atoms in total. The first-order valence-corrected chi connectivity index (χ1v) is 6.41.